The number of piperazine rings is 1. The van der Waals surface area contributed by atoms with Gasteiger partial charge in [0, 0.05) is 49.5 Å². The molecule has 3 rings (SSSR count). The molecule has 172 valence electrons. The van der Waals surface area contributed by atoms with Crippen LogP contribution in [0.3, 0.4) is 0 Å². The summed E-state index contributed by atoms with van der Waals surface area (Å²) in [5, 5.41) is 2.90. The molecule has 0 unspecified atom stereocenters. The second-order valence-electron chi connectivity index (χ2n) is 7.53. The van der Waals surface area contributed by atoms with Crippen molar-refractivity contribution in [3.63, 3.8) is 0 Å². The van der Waals surface area contributed by atoms with Crippen LogP contribution in [0.4, 0.5) is 11.4 Å². The second-order valence-corrected chi connectivity index (χ2v) is 7.53. The van der Waals surface area contributed by atoms with E-state index < -0.39 is 0 Å². The summed E-state index contributed by atoms with van der Waals surface area (Å²) in [6.45, 7) is 5.09. The van der Waals surface area contributed by atoms with Gasteiger partial charge < -0.3 is 29.3 Å². The lowest BCUT2D eigenvalue weighted by molar-refractivity contribution is -0.131. The second kappa shape index (κ2) is 10.7. The standard InChI is InChI=1S/C24H31N3O5/c1-5-6-22(28)27-13-11-26(12-14-27)19-9-7-18(8-10-19)25-24(29)17-15-20(30-2)23(32-4)21(16-17)31-3/h7-10,15-16H,5-6,11-14H2,1-4H3,(H,25,29). The zero-order valence-corrected chi connectivity index (χ0v) is 19.1. The van der Waals surface area contributed by atoms with Crippen molar-refractivity contribution >= 4 is 23.2 Å². The molecule has 32 heavy (non-hydrogen) atoms. The molecule has 2 aromatic carbocycles. The molecule has 2 amide bonds. The summed E-state index contributed by atoms with van der Waals surface area (Å²) in [6, 6.07) is 10.9. The van der Waals surface area contributed by atoms with E-state index in [4.69, 9.17) is 14.2 Å². The summed E-state index contributed by atoms with van der Waals surface area (Å²) in [7, 11) is 4.54. The number of benzene rings is 2. The number of carbonyl (C=O) groups is 2. The van der Waals surface area contributed by atoms with Crippen molar-refractivity contribution in [2.75, 3.05) is 57.7 Å². The molecule has 8 nitrogen and oxygen atoms in total. The van der Waals surface area contributed by atoms with Crippen LogP contribution in [-0.2, 0) is 4.79 Å². The van der Waals surface area contributed by atoms with E-state index in [0.29, 0.717) is 34.9 Å². The van der Waals surface area contributed by atoms with Crippen LogP contribution in [0.15, 0.2) is 36.4 Å². The fourth-order valence-corrected chi connectivity index (χ4v) is 3.76. The Morgan fingerprint density at radius 3 is 2.00 bits per heavy atom. The lowest BCUT2D eigenvalue weighted by atomic mass is 10.1. The van der Waals surface area contributed by atoms with E-state index in [1.807, 2.05) is 36.1 Å². The third-order valence-electron chi connectivity index (χ3n) is 5.51. The van der Waals surface area contributed by atoms with E-state index in [2.05, 4.69) is 10.2 Å². The van der Waals surface area contributed by atoms with Gasteiger partial charge in [-0.25, -0.2) is 0 Å². The zero-order valence-electron chi connectivity index (χ0n) is 19.1. The topological polar surface area (TPSA) is 80.3 Å². The third-order valence-corrected chi connectivity index (χ3v) is 5.51. The summed E-state index contributed by atoms with van der Waals surface area (Å²) in [5.74, 6) is 1.23. The smallest absolute Gasteiger partial charge is 0.255 e. The van der Waals surface area contributed by atoms with Gasteiger partial charge in [-0.2, -0.15) is 0 Å². The molecule has 0 spiro atoms. The normalized spacial score (nSPS) is 13.5. The fourth-order valence-electron chi connectivity index (χ4n) is 3.76. The summed E-state index contributed by atoms with van der Waals surface area (Å²) >= 11 is 0. The van der Waals surface area contributed by atoms with Gasteiger partial charge in [0.15, 0.2) is 11.5 Å². The molecule has 1 fully saturated rings. The fraction of sp³-hybridized carbons (Fsp3) is 0.417. The summed E-state index contributed by atoms with van der Waals surface area (Å²) < 4.78 is 16.0. The van der Waals surface area contributed by atoms with Crippen LogP contribution in [0, 0.1) is 0 Å². The number of hydrogen-bond acceptors (Lipinski definition) is 6. The minimum absolute atomic E-state index is 0.233. The molecule has 0 bridgehead atoms. The third kappa shape index (κ3) is 5.25. The predicted molar refractivity (Wildman–Crippen MR) is 124 cm³/mol. The van der Waals surface area contributed by atoms with Crippen molar-refractivity contribution < 1.29 is 23.8 Å². The molecule has 1 aliphatic rings. The first kappa shape index (κ1) is 23.2. The highest BCUT2D eigenvalue weighted by molar-refractivity contribution is 6.05. The van der Waals surface area contributed by atoms with Gasteiger partial charge in [0.2, 0.25) is 11.7 Å². The van der Waals surface area contributed by atoms with Crippen molar-refractivity contribution in [3.05, 3.63) is 42.0 Å². The SMILES string of the molecule is CCCC(=O)N1CCN(c2ccc(NC(=O)c3cc(OC)c(OC)c(OC)c3)cc2)CC1. The molecule has 8 heteroatoms. The molecule has 0 aromatic heterocycles. The van der Waals surface area contributed by atoms with E-state index in [1.54, 1.807) is 12.1 Å². The zero-order chi connectivity index (χ0) is 23.1. The van der Waals surface area contributed by atoms with E-state index >= 15 is 0 Å². The van der Waals surface area contributed by atoms with Gasteiger partial charge in [0.25, 0.3) is 5.91 Å². The Morgan fingerprint density at radius 1 is 0.906 bits per heavy atom. The van der Waals surface area contributed by atoms with Gasteiger partial charge in [0.1, 0.15) is 0 Å². The number of nitrogens with one attached hydrogen (secondary N) is 1. The number of hydrogen-bond donors (Lipinski definition) is 1. The molecule has 1 heterocycles. The highest BCUT2D eigenvalue weighted by Gasteiger charge is 2.21. The van der Waals surface area contributed by atoms with Crippen LogP contribution in [0.25, 0.3) is 0 Å². The predicted octanol–water partition coefficient (Wildman–Crippen LogP) is 3.41. The van der Waals surface area contributed by atoms with Gasteiger partial charge in [-0.1, -0.05) is 6.92 Å². The monoisotopic (exact) mass is 441 g/mol. The number of amides is 2. The first-order valence-electron chi connectivity index (χ1n) is 10.7. The van der Waals surface area contributed by atoms with Crippen LogP contribution in [0.5, 0.6) is 17.2 Å². The van der Waals surface area contributed by atoms with Crippen molar-refractivity contribution in [2.24, 2.45) is 0 Å². The van der Waals surface area contributed by atoms with E-state index in [9.17, 15) is 9.59 Å². The number of anilines is 2. The number of carbonyl (C=O) groups excluding carboxylic acids is 2. The highest BCUT2D eigenvalue weighted by Crippen LogP contribution is 2.38. The van der Waals surface area contributed by atoms with E-state index in [-0.39, 0.29) is 11.8 Å². The molecule has 2 aromatic rings. The van der Waals surface area contributed by atoms with Gasteiger partial charge in [-0.05, 0) is 42.8 Å². The van der Waals surface area contributed by atoms with Crippen LogP contribution in [0.2, 0.25) is 0 Å². The molecule has 0 saturated carbocycles. The maximum Gasteiger partial charge on any atom is 0.255 e. The summed E-state index contributed by atoms with van der Waals surface area (Å²) in [6.07, 6.45) is 1.49. The highest BCUT2D eigenvalue weighted by atomic mass is 16.5. The van der Waals surface area contributed by atoms with Crippen LogP contribution in [0.1, 0.15) is 30.1 Å². The quantitative estimate of drug-likeness (QED) is 0.676. The molecule has 1 N–H and O–H groups in total. The number of methoxy groups -OCH3 is 3. The Kier molecular flexibility index (Phi) is 7.81. The molecule has 1 aliphatic heterocycles. The van der Waals surface area contributed by atoms with Crippen molar-refractivity contribution in [1.82, 2.24) is 4.90 Å². The minimum atomic E-state index is -0.278. The van der Waals surface area contributed by atoms with Gasteiger partial charge in [-0.3, -0.25) is 9.59 Å². The first-order chi connectivity index (χ1) is 15.5. The molecule has 0 aliphatic carbocycles. The summed E-state index contributed by atoms with van der Waals surface area (Å²) in [5.41, 5.74) is 2.15. The van der Waals surface area contributed by atoms with E-state index in [0.717, 1.165) is 38.3 Å². The first-order valence-corrected chi connectivity index (χ1v) is 10.7. The van der Waals surface area contributed by atoms with Crippen LogP contribution < -0.4 is 24.4 Å². The largest absolute Gasteiger partial charge is 0.493 e. The van der Waals surface area contributed by atoms with Crippen LogP contribution >= 0.6 is 0 Å². The Morgan fingerprint density at radius 2 is 1.50 bits per heavy atom. The minimum Gasteiger partial charge on any atom is -0.493 e. The maximum atomic E-state index is 12.8. The number of rotatable bonds is 8. The van der Waals surface area contributed by atoms with Crippen LogP contribution in [-0.4, -0.2) is 64.2 Å². The Hall–Kier alpha value is -3.42. The molecule has 0 radical (unpaired) electrons. The van der Waals surface area contributed by atoms with Gasteiger partial charge in [0.05, 0.1) is 21.3 Å². The van der Waals surface area contributed by atoms with Gasteiger partial charge >= 0.3 is 0 Å². The Labute approximate surface area is 189 Å². The molecule has 0 atom stereocenters. The molecular weight excluding hydrogens is 410 g/mol. The molecular formula is C24H31N3O5. The Bertz CT molecular complexity index is 912. The maximum absolute atomic E-state index is 12.8. The Balaban J connectivity index is 1.64. The molecule has 1 saturated heterocycles. The number of nitrogens with zero attached hydrogens (tertiary/aromatic N) is 2. The number of ether oxygens (including phenoxy) is 3. The lowest BCUT2D eigenvalue weighted by Crippen LogP contribution is -2.48. The van der Waals surface area contributed by atoms with Crippen molar-refractivity contribution in [2.45, 2.75) is 19.8 Å². The lowest BCUT2D eigenvalue weighted by Gasteiger charge is -2.36. The van der Waals surface area contributed by atoms with Gasteiger partial charge in [-0.15, -0.1) is 0 Å². The van der Waals surface area contributed by atoms with Crippen molar-refractivity contribution in [3.8, 4) is 17.2 Å². The van der Waals surface area contributed by atoms with E-state index in [1.165, 1.54) is 21.3 Å². The van der Waals surface area contributed by atoms with Crippen molar-refractivity contribution in [1.29, 1.82) is 0 Å². The summed E-state index contributed by atoms with van der Waals surface area (Å²) in [4.78, 5) is 29.0. The average molecular weight is 442 g/mol. The average Bonchev–Trinajstić information content (AvgIpc) is 2.83.